The highest BCUT2D eigenvalue weighted by molar-refractivity contribution is 6.05. The van der Waals surface area contributed by atoms with Gasteiger partial charge in [-0.25, -0.2) is 0 Å². The second-order valence-electron chi connectivity index (χ2n) is 7.73. The molecule has 1 aromatic heterocycles. The highest BCUT2D eigenvalue weighted by Crippen LogP contribution is 2.35. The summed E-state index contributed by atoms with van der Waals surface area (Å²) in [6.07, 6.45) is 4.75. The zero-order valence-corrected chi connectivity index (χ0v) is 15.5. The quantitative estimate of drug-likeness (QED) is 0.728. The number of aromatic nitrogens is 1. The molecule has 6 heteroatoms. The van der Waals surface area contributed by atoms with E-state index in [2.05, 4.69) is 16.9 Å². The molecular weight excluding hydrogens is 342 g/mol. The molecule has 1 saturated heterocycles. The van der Waals surface area contributed by atoms with Crippen molar-refractivity contribution in [1.29, 1.82) is 0 Å². The van der Waals surface area contributed by atoms with E-state index >= 15 is 0 Å². The Morgan fingerprint density at radius 3 is 2.89 bits per heavy atom. The molecule has 1 fully saturated rings. The van der Waals surface area contributed by atoms with E-state index in [4.69, 9.17) is 0 Å². The van der Waals surface area contributed by atoms with E-state index in [-0.39, 0.29) is 23.0 Å². The second kappa shape index (κ2) is 6.01. The molecule has 0 spiro atoms. The zero-order valence-electron chi connectivity index (χ0n) is 15.5. The molecule has 6 nitrogen and oxygen atoms in total. The Hall–Kier alpha value is -3.02. The lowest BCUT2D eigenvalue weighted by atomic mass is 9.84. The largest absolute Gasteiger partial charge is 0.508 e. The van der Waals surface area contributed by atoms with Crippen molar-refractivity contribution < 1.29 is 14.7 Å². The van der Waals surface area contributed by atoms with E-state index in [0.717, 1.165) is 22.2 Å². The first-order valence-electron chi connectivity index (χ1n) is 9.12. The number of fused-ring (bicyclic) bond motifs is 2. The number of piperazine rings is 1. The maximum Gasteiger partial charge on any atom is 0.268 e. The number of carbonyl (C=O) groups excluding carboxylic acids is 2. The number of allylic oxidation sites excluding steroid dienone is 1. The average molecular weight is 365 g/mol. The van der Waals surface area contributed by atoms with Crippen molar-refractivity contribution in [2.75, 3.05) is 6.54 Å². The number of amides is 2. The third-order valence-electron chi connectivity index (χ3n) is 5.54. The molecule has 1 unspecified atom stereocenters. The van der Waals surface area contributed by atoms with E-state index in [1.165, 1.54) is 0 Å². The third kappa shape index (κ3) is 2.72. The van der Waals surface area contributed by atoms with Crippen molar-refractivity contribution in [3.63, 3.8) is 0 Å². The van der Waals surface area contributed by atoms with Crippen LogP contribution in [0.5, 0.6) is 5.75 Å². The molecule has 27 heavy (non-hydrogen) atoms. The fraction of sp³-hybridized carbons (Fsp3) is 0.333. The number of hydrogen-bond donors (Lipinski definition) is 3. The number of carbonyl (C=O) groups is 2. The van der Waals surface area contributed by atoms with E-state index in [9.17, 15) is 14.7 Å². The number of phenolic OH excluding ortho intramolecular Hbond substituents is 1. The van der Waals surface area contributed by atoms with E-state index in [1.807, 2.05) is 32.1 Å². The van der Waals surface area contributed by atoms with Crippen LogP contribution in [0.3, 0.4) is 0 Å². The average Bonchev–Trinajstić information content (AvgIpc) is 3.25. The molecule has 4 rings (SSSR count). The molecule has 3 N–H and O–H groups in total. The number of nitrogens with one attached hydrogen (secondary N) is 2. The summed E-state index contributed by atoms with van der Waals surface area (Å²) in [5.41, 5.74) is 2.80. The lowest BCUT2D eigenvalue weighted by molar-refractivity contribution is -0.139. The third-order valence-corrected chi connectivity index (χ3v) is 5.54. The van der Waals surface area contributed by atoms with Crippen molar-refractivity contribution in [3.8, 4) is 5.75 Å². The summed E-state index contributed by atoms with van der Waals surface area (Å²) in [5.74, 6) is -0.0971. The van der Waals surface area contributed by atoms with Crippen LogP contribution in [0.25, 0.3) is 10.9 Å². The summed E-state index contributed by atoms with van der Waals surface area (Å²) >= 11 is 0. The van der Waals surface area contributed by atoms with Gasteiger partial charge in [0.15, 0.2) is 0 Å². The first-order valence-corrected chi connectivity index (χ1v) is 9.12. The van der Waals surface area contributed by atoms with Gasteiger partial charge in [0.2, 0.25) is 5.91 Å². The predicted octanol–water partition coefficient (Wildman–Crippen LogP) is 2.49. The van der Waals surface area contributed by atoms with Gasteiger partial charge < -0.3 is 20.3 Å². The van der Waals surface area contributed by atoms with Gasteiger partial charge in [-0.05, 0) is 24.1 Å². The molecule has 2 aromatic rings. The van der Waals surface area contributed by atoms with Gasteiger partial charge >= 0.3 is 0 Å². The summed E-state index contributed by atoms with van der Waals surface area (Å²) in [6, 6.07) is 4.53. The standard InChI is InChI=1S/C21H23N3O3/c1-4-21(2,3)18-14(13-8-7-12(25)10-15(13)22-18)11-16-20(27)24-9-5-6-17(24)19(26)23-16/h4,6-8,10,16,22,25H,1,5,9,11H2,2-3H3,(H,23,26). The summed E-state index contributed by atoms with van der Waals surface area (Å²) in [6.45, 7) is 8.57. The van der Waals surface area contributed by atoms with Crippen LogP contribution in [-0.2, 0) is 21.4 Å². The highest BCUT2D eigenvalue weighted by Gasteiger charge is 2.39. The van der Waals surface area contributed by atoms with Gasteiger partial charge in [0.25, 0.3) is 5.91 Å². The molecule has 2 aliphatic rings. The van der Waals surface area contributed by atoms with Crippen molar-refractivity contribution >= 4 is 22.7 Å². The van der Waals surface area contributed by atoms with Gasteiger partial charge in [-0.2, -0.15) is 0 Å². The molecule has 140 valence electrons. The van der Waals surface area contributed by atoms with E-state index in [0.29, 0.717) is 25.1 Å². The SMILES string of the molecule is C=CC(C)(C)c1[nH]c2cc(O)ccc2c1CC1NC(=O)C2=CCCN2C1=O. The topological polar surface area (TPSA) is 85.4 Å². The Balaban J connectivity index is 1.78. The van der Waals surface area contributed by atoms with Gasteiger partial charge in [-0.1, -0.05) is 26.0 Å². The minimum absolute atomic E-state index is 0.0752. The van der Waals surface area contributed by atoms with Crippen LogP contribution in [0.15, 0.2) is 42.6 Å². The van der Waals surface area contributed by atoms with Crippen LogP contribution in [-0.4, -0.2) is 39.4 Å². The zero-order chi connectivity index (χ0) is 19.3. The summed E-state index contributed by atoms with van der Waals surface area (Å²) in [5, 5.41) is 13.6. The Morgan fingerprint density at radius 2 is 2.15 bits per heavy atom. The van der Waals surface area contributed by atoms with Crippen molar-refractivity contribution in [3.05, 3.63) is 53.9 Å². The van der Waals surface area contributed by atoms with Gasteiger partial charge in [-0.15, -0.1) is 6.58 Å². The number of aromatic hydroxyl groups is 1. The van der Waals surface area contributed by atoms with Crippen LogP contribution in [0.2, 0.25) is 0 Å². The Morgan fingerprint density at radius 1 is 1.37 bits per heavy atom. The Kier molecular flexibility index (Phi) is 3.87. The molecule has 0 aliphatic carbocycles. The number of nitrogens with zero attached hydrogens (tertiary/aromatic N) is 1. The molecule has 0 saturated carbocycles. The van der Waals surface area contributed by atoms with E-state index < -0.39 is 6.04 Å². The summed E-state index contributed by atoms with van der Waals surface area (Å²) in [7, 11) is 0. The smallest absolute Gasteiger partial charge is 0.268 e. The number of H-pyrrole nitrogens is 1. The maximum absolute atomic E-state index is 12.9. The van der Waals surface area contributed by atoms with Crippen molar-refractivity contribution in [2.24, 2.45) is 0 Å². The number of rotatable bonds is 4. The predicted molar refractivity (Wildman–Crippen MR) is 103 cm³/mol. The second-order valence-corrected chi connectivity index (χ2v) is 7.73. The fourth-order valence-electron chi connectivity index (χ4n) is 3.94. The first-order chi connectivity index (χ1) is 12.8. The maximum atomic E-state index is 12.9. The lowest BCUT2D eigenvalue weighted by Crippen LogP contribution is -2.56. The Labute approximate surface area is 157 Å². The van der Waals surface area contributed by atoms with Crippen LogP contribution in [0.1, 0.15) is 31.5 Å². The van der Waals surface area contributed by atoms with Crippen molar-refractivity contribution in [2.45, 2.75) is 38.1 Å². The van der Waals surface area contributed by atoms with Gasteiger partial charge in [0.1, 0.15) is 17.5 Å². The number of aromatic amines is 1. The molecule has 1 aromatic carbocycles. The van der Waals surface area contributed by atoms with Gasteiger partial charge in [0.05, 0.1) is 0 Å². The molecular formula is C21H23N3O3. The minimum Gasteiger partial charge on any atom is -0.508 e. The number of hydrogen-bond acceptors (Lipinski definition) is 3. The number of phenols is 1. The summed E-state index contributed by atoms with van der Waals surface area (Å²) in [4.78, 5) is 30.2. The molecule has 1 atom stereocenters. The first kappa shape index (κ1) is 17.4. The van der Waals surface area contributed by atoms with Crippen molar-refractivity contribution in [1.82, 2.24) is 15.2 Å². The molecule has 2 amide bonds. The highest BCUT2D eigenvalue weighted by atomic mass is 16.3. The Bertz CT molecular complexity index is 1000. The fourth-order valence-corrected chi connectivity index (χ4v) is 3.94. The lowest BCUT2D eigenvalue weighted by Gasteiger charge is -2.32. The minimum atomic E-state index is -0.611. The molecule has 0 radical (unpaired) electrons. The summed E-state index contributed by atoms with van der Waals surface area (Å²) < 4.78 is 0. The van der Waals surface area contributed by atoms with Gasteiger partial charge in [-0.3, -0.25) is 9.59 Å². The molecule has 2 aliphatic heterocycles. The number of benzene rings is 1. The van der Waals surface area contributed by atoms with Gasteiger partial charge in [0, 0.05) is 41.0 Å². The molecule has 3 heterocycles. The van der Waals surface area contributed by atoms with Crippen LogP contribution >= 0.6 is 0 Å². The van der Waals surface area contributed by atoms with E-state index in [1.54, 1.807) is 17.0 Å². The van der Waals surface area contributed by atoms with Crippen LogP contribution in [0.4, 0.5) is 0 Å². The normalized spacial score (nSPS) is 19.9. The van der Waals surface area contributed by atoms with Crippen LogP contribution < -0.4 is 5.32 Å². The van der Waals surface area contributed by atoms with Crippen LogP contribution in [0, 0.1) is 0 Å². The molecule has 0 bridgehead atoms. The monoisotopic (exact) mass is 365 g/mol.